The standard InChI is InChI=1S/C18H25NO3/c1-3-13(14-6-4-12(2)5-7-14)11-17(20)19-16-9-8-15(10-16)18(21)22/h4-7,13,15-16H,3,8-11H2,1-2H3,(H,19,20)(H,21,22)/t13?,15-,16+/m1/s1. The molecule has 0 saturated heterocycles. The van der Waals surface area contributed by atoms with Gasteiger partial charge in [0.2, 0.25) is 5.91 Å². The molecule has 3 atom stereocenters. The van der Waals surface area contributed by atoms with E-state index < -0.39 is 5.97 Å². The van der Waals surface area contributed by atoms with Gasteiger partial charge in [0.1, 0.15) is 0 Å². The Labute approximate surface area is 131 Å². The second-order valence-electron chi connectivity index (χ2n) is 6.33. The van der Waals surface area contributed by atoms with Gasteiger partial charge in [0.05, 0.1) is 5.92 Å². The van der Waals surface area contributed by atoms with Gasteiger partial charge in [0, 0.05) is 12.5 Å². The Balaban J connectivity index is 1.87. The van der Waals surface area contributed by atoms with Crippen LogP contribution in [-0.2, 0) is 9.59 Å². The van der Waals surface area contributed by atoms with E-state index in [0.717, 1.165) is 12.8 Å². The number of amides is 1. The van der Waals surface area contributed by atoms with Gasteiger partial charge in [-0.15, -0.1) is 0 Å². The second-order valence-corrected chi connectivity index (χ2v) is 6.33. The van der Waals surface area contributed by atoms with E-state index in [2.05, 4.69) is 43.4 Å². The molecule has 0 aromatic heterocycles. The predicted molar refractivity (Wildman–Crippen MR) is 85.7 cm³/mol. The van der Waals surface area contributed by atoms with Gasteiger partial charge in [0.15, 0.2) is 0 Å². The van der Waals surface area contributed by atoms with Crippen LogP contribution in [0.4, 0.5) is 0 Å². The van der Waals surface area contributed by atoms with Crippen molar-refractivity contribution in [3.05, 3.63) is 35.4 Å². The van der Waals surface area contributed by atoms with E-state index in [-0.39, 0.29) is 23.8 Å². The average Bonchev–Trinajstić information content (AvgIpc) is 2.94. The quantitative estimate of drug-likeness (QED) is 0.847. The molecule has 1 aromatic carbocycles. The highest BCUT2D eigenvalue weighted by atomic mass is 16.4. The summed E-state index contributed by atoms with van der Waals surface area (Å²) in [7, 11) is 0. The molecule has 0 spiro atoms. The summed E-state index contributed by atoms with van der Waals surface area (Å²) in [5.74, 6) is -0.798. The summed E-state index contributed by atoms with van der Waals surface area (Å²) in [5.41, 5.74) is 2.41. The predicted octanol–water partition coefficient (Wildman–Crippen LogP) is 3.25. The van der Waals surface area contributed by atoms with Gasteiger partial charge in [0.25, 0.3) is 0 Å². The largest absolute Gasteiger partial charge is 0.481 e. The first-order valence-electron chi connectivity index (χ1n) is 8.08. The number of hydrogen-bond acceptors (Lipinski definition) is 2. The van der Waals surface area contributed by atoms with Crippen molar-refractivity contribution in [2.24, 2.45) is 5.92 Å². The van der Waals surface area contributed by atoms with Gasteiger partial charge < -0.3 is 10.4 Å². The molecule has 0 bridgehead atoms. The molecule has 120 valence electrons. The van der Waals surface area contributed by atoms with Gasteiger partial charge >= 0.3 is 5.97 Å². The Morgan fingerprint density at radius 1 is 1.27 bits per heavy atom. The van der Waals surface area contributed by atoms with Gasteiger partial charge in [-0.25, -0.2) is 0 Å². The van der Waals surface area contributed by atoms with Gasteiger partial charge in [-0.1, -0.05) is 36.8 Å². The summed E-state index contributed by atoms with van der Waals surface area (Å²) in [5, 5.41) is 12.0. The van der Waals surface area contributed by atoms with Crippen LogP contribution in [0.3, 0.4) is 0 Å². The zero-order valence-corrected chi connectivity index (χ0v) is 13.3. The fourth-order valence-corrected chi connectivity index (χ4v) is 3.18. The summed E-state index contributed by atoms with van der Waals surface area (Å²) >= 11 is 0. The maximum absolute atomic E-state index is 12.2. The van der Waals surface area contributed by atoms with Crippen LogP contribution in [-0.4, -0.2) is 23.0 Å². The van der Waals surface area contributed by atoms with Crippen molar-refractivity contribution in [1.82, 2.24) is 5.32 Å². The number of rotatable bonds is 6. The van der Waals surface area contributed by atoms with Gasteiger partial charge in [-0.3, -0.25) is 9.59 Å². The minimum Gasteiger partial charge on any atom is -0.481 e. The summed E-state index contributed by atoms with van der Waals surface area (Å²) in [4.78, 5) is 23.2. The minimum absolute atomic E-state index is 0.0177. The van der Waals surface area contributed by atoms with Crippen LogP contribution in [0.1, 0.15) is 56.1 Å². The van der Waals surface area contributed by atoms with Crippen molar-refractivity contribution in [2.45, 2.75) is 57.9 Å². The lowest BCUT2D eigenvalue weighted by molar-refractivity contribution is -0.141. The third kappa shape index (κ3) is 4.33. The maximum atomic E-state index is 12.2. The number of carboxylic acid groups (broad SMARTS) is 1. The highest BCUT2D eigenvalue weighted by Crippen LogP contribution is 2.27. The topological polar surface area (TPSA) is 66.4 Å². The molecule has 1 fully saturated rings. The molecule has 22 heavy (non-hydrogen) atoms. The Morgan fingerprint density at radius 3 is 2.50 bits per heavy atom. The number of nitrogens with one attached hydrogen (secondary N) is 1. The number of benzene rings is 1. The number of carboxylic acids is 1. The Hall–Kier alpha value is -1.84. The van der Waals surface area contributed by atoms with Crippen molar-refractivity contribution in [2.75, 3.05) is 0 Å². The van der Waals surface area contributed by atoms with Crippen molar-refractivity contribution >= 4 is 11.9 Å². The first-order valence-corrected chi connectivity index (χ1v) is 8.08. The molecule has 0 aliphatic heterocycles. The minimum atomic E-state index is -0.747. The number of aliphatic carboxylic acids is 1. The van der Waals surface area contributed by atoms with Crippen LogP contribution in [0.5, 0.6) is 0 Å². The number of carbonyl (C=O) groups is 2. The molecule has 2 N–H and O–H groups in total. The van der Waals surface area contributed by atoms with Crippen LogP contribution < -0.4 is 5.32 Å². The summed E-state index contributed by atoms with van der Waals surface area (Å²) in [6.45, 7) is 4.14. The lowest BCUT2D eigenvalue weighted by atomic mass is 9.92. The van der Waals surface area contributed by atoms with Gasteiger partial charge in [-0.05, 0) is 44.1 Å². The second kappa shape index (κ2) is 7.43. The molecule has 0 heterocycles. The number of carbonyl (C=O) groups excluding carboxylic acids is 1. The molecule has 4 heteroatoms. The number of hydrogen-bond donors (Lipinski definition) is 2. The summed E-state index contributed by atoms with van der Waals surface area (Å²) in [6.07, 6.45) is 3.37. The first-order chi connectivity index (χ1) is 10.5. The molecule has 1 aromatic rings. The third-order valence-corrected chi connectivity index (χ3v) is 4.62. The van der Waals surface area contributed by atoms with Crippen LogP contribution in [0.15, 0.2) is 24.3 Å². The first kappa shape index (κ1) is 16.5. The molecule has 0 radical (unpaired) electrons. The summed E-state index contributed by atoms with van der Waals surface area (Å²) < 4.78 is 0. The monoisotopic (exact) mass is 303 g/mol. The SMILES string of the molecule is CCC(CC(=O)N[C@H]1CC[C@@H](C(=O)O)C1)c1ccc(C)cc1. The smallest absolute Gasteiger partial charge is 0.306 e. The zero-order chi connectivity index (χ0) is 16.1. The summed E-state index contributed by atoms with van der Waals surface area (Å²) in [6, 6.07) is 8.35. The average molecular weight is 303 g/mol. The molecule has 1 saturated carbocycles. The normalized spacial score (nSPS) is 22.3. The molecule has 2 rings (SSSR count). The molecular formula is C18H25NO3. The molecule has 1 unspecified atom stereocenters. The molecule has 1 aliphatic carbocycles. The zero-order valence-electron chi connectivity index (χ0n) is 13.3. The molecule has 4 nitrogen and oxygen atoms in total. The van der Waals surface area contributed by atoms with Crippen molar-refractivity contribution in [1.29, 1.82) is 0 Å². The van der Waals surface area contributed by atoms with Gasteiger partial charge in [-0.2, -0.15) is 0 Å². The van der Waals surface area contributed by atoms with E-state index in [1.165, 1.54) is 11.1 Å². The fraction of sp³-hybridized carbons (Fsp3) is 0.556. The van der Waals surface area contributed by atoms with E-state index in [0.29, 0.717) is 19.3 Å². The lowest BCUT2D eigenvalue weighted by Crippen LogP contribution is -2.34. The highest BCUT2D eigenvalue weighted by molar-refractivity contribution is 5.77. The Bertz CT molecular complexity index is 524. The van der Waals surface area contributed by atoms with Crippen LogP contribution in [0.2, 0.25) is 0 Å². The maximum Gasteiger partial charge on any atom is 0.306 e. The van der Waals surface area contributed by atoms with Crippen LogP contribution in [0, 0.1) is 12.8 Å². The van der Waals surface area contributed by atoms with E-state index >= 15 is 0 Å². The molecule has 1 aliphatic rings. The van der Waals surface area contributed by atoms with Crippen LogP contribution in [0.25, 0.3) is 0 Å². The van der Waals surface area contributed by atoms with Crippen molar-refractivity contribution < 1.29 is 14.7 Å². The molecule has 1 amide bonds. The number of aryl methyl sites for hydroxylation is 1. The van der Waals surface area contributed by atoms with Crippen molar-refractivity contribution in [3.8, 4) is 0 Å². The Kier molecular flexibility index (Phi) is 5.58. The highest BCUT2D eigenvalue weighted by Gasteiger charge is 2.30. The fourth-order valence-electron chi connectivity index (χ4n) is 3.18. The van der Waals surface area contributed by atoms with E-state index in [1.54, 1.807) is 0 Å². The molecular weight excluding hydrogens is 278 g/mol. The van der Waals surface area contributed by atoms with E-state index in [9.17, 15) is 9.59 Å². The Morgan fingerprint density at radius 2 is 1.95 bits per heavy atom. The van der Waals surface area contributed by atoms with E-state index in [1.807, 2.05) is 0 Å². The third-order valence-electron chi connectivity index (χ3n) is 4.62. The van der Waals surface area contributed by atoms with Crippen molar-refractivity contribution in [3.63, 3.8) is 0 Å². The van der Waals surface area contributed by atoms with E-state index in [4.69, 9.17) is 5.11 Å². The van der Waals surface area contributed by atoms with Crippen LogP contribution >= 0.6 is 0 Å². The lowest BCUT2D eigenvalue weighted by Gasteiger charge is -2.18.